The molecule has 0 radical (unpaired) electrons. The van der Waals surface area contributed by atoms with E-state index < -0.39 is 11.7 Å². The molecule has 0 saturated carbocycles. The second-order valence-electron chi connectivity index (χ2n) is 3.62. The summed E-state index contributed by atoms with van der Waals surface area (Å²) in [6.07, 6.45) is -1.18. The van der Waals surface area contributed by atoms with E-state index in [4.69, 9.17) is 0 Å². The predicted molar refractivity (Wildman–Crippen MR) is 59.9 cm³/mol. The fourth-order valence-electron chi connectivity index (χ4n) is 1.71. The van der Waals surface area contributed by atoms with Gasteiger partial charge in [-0.05, 0) is 23.3 Å². The lowest BCUT2D eigenvalue weighted by Crippen LogP contribution is -2.20. The van der Waals surface area contributed by atoms with Crippen LogP contribution in [0.3, 0.4) is 0 Å². The molecule has 1 aliphatic heterocycles. The molecule has 1 aliphatic rings. The first-order valence-electron chi connectivity index (χ1n) is 4.65. The summed E-state index contributed by atoms with van der Waals surface area (Å²) in [6.45, 7) is 0. The number of hydrogen-bond acceptors (Lipinski definition) is 1. The van der Waals surface area contributed by atoms with E-state index in [2.05, 4.69) is 15.9 Å². The van der Waals surface area contributed by atoms with E-state index >= 15 is 0 Å². The first-order valence-corrected chi connectivity index (χ1v) is 5.57. The molecule has 0 N–H and O–H groups in total. The smallest absolute Gasteiger partial charge is 0.364 e. The zero-order valence-corrected chi connectivity index (χ0v) is 10.0. The molecule has 1 unspecified atom stereocenters. The lowest BCUT2D eigenvalue weighted by atomic mass is 9.98. The van der Waals surface area contributed by atoms with Crippen LogP contribution in [0.4, 0.5) is 13.2 Å². The van der Waals surface area contributed by atoms with Crippen molar-refractivity contribution >= 4 is 22.0 Å². The van der Waals surface area contributed by atoms with Gasteiger partial charge in [-0.1, -0.05) is 28.1 Å². The molecule has 0 bridgehead atoms. The van der Waals surface area contributed by atoms with Crippen LogP contribution in [-0.2, 0) is 6.18 Å². The average molecular weight is 292 g/mol. The zero-order chi connectivity index (χ0) is 11.9. The number of nitrogens with zero attached hydrogens (tertiary/aromatic N) is 1. The minimum absolute atomic E-state index is 0.213. The number of halogens is 4. The van der Waals surface area contributed by atoms with Crippen LogP contribution in [0.15, 0.2) is 24.4 Å². The van der Waals surface area contributed by atoms with Gasteiger partial charge in [-0.15, -0.1) is 0 Å². The molecule has 16 heavy (non-hydrogen) atoms. The summed E-state index contributed by atoms with van der Waals surface area (Å²) in [4.78, 5) is 1.59. The quantitative estimate of drug-likeness (QED) is 0.516. The number of hydrogen-bond donors (Lipinski definition) is 0. The van der Waals surface area contributed by atoms with Gasteiger partial charge in [0.25, 0.3) is 0 Å². The first-order chi connectivity index (χ1) is 7.41. The maximum Gasteiger partial charge on any atom is 0.416 e. The molecule has 86 valence electrons. The topological polar surface area (TPSA) is 3.24 Å². The molecule has 0 aliphatic carbocycles. The molecular weight excluding hydrogens is 283 g/mol. The third-order valence-corrected chi connectivity index (χ3v) is 3.67. The van der Waals surface area contributed by atoms with Crippen LogP contribution in [0.1, 0.15) is 21.6 Å². The summed E-state index contributed by atoms with van der Waals surface area (Å²) >= 11 is 3.36. The molecule has 0 amide bonds. The van der Waals surface area contributed by atoms with Gasteiger partial charge >= 0.3 is 6.18 Å². The molecule has 0 saturated heterocycles. The van der Waals surface area contributed by atoms with Crippen LogP contribution in [0.25, 0.3) is 6.08 Å². The Bertz CT molecular complexity index is 439. The molecule has 2 rings (SSSR count). The third-order valence-electron chi connectivity index (χ3n) is 2.54. The molecule has 1 atom stereocenters. The van der Waals surface area contributed by atoms with Crippen LogP contribution in [0, 0.1) is 0 Å². The average Bonchev–Trinajstić information content (AvgIpc) is 2.21. The highest BCUT2D eigenvalue weighted by Crippen LogP contribution is 2.40. The fourth-order valence-corrected chi connectivity index (χ4v) is 2.25. The van der Waals surface area contributed by atoms with Crippen LogP contribution in [0.2, 0.25) is 0 Å². The van der Waals surface area contributed by atoms with Crippen LogP contribution < -0.4 is 0 Å². The monoisotopic (exact) mass is 291 g/mol. The Kier molecular flexibility index (Phi) is 2.74. The largest absolute Gasteiger partial charge is 0.416 e. The Morgan fingerprint density at radius 3 is 2.62 bits per heavy atom. The van der Waals surface area contributed by atoms with E-state index in [0.29, 0.717) is 5.56 Å². The summed E-state index contributed by atoms with van der Waals surface area (Å²) in [7, 11) is 1.80. The SMILES string of the molecule is CN1C=Cc2c(cccc2C(F)(F)F)C1Br. The Balaban J connectivity index is 2.60. The summed E-state index contributed by atoms with van der Waals surface area (Å²) in [5.41, 5.74) is 0.300. The van der Waals surface area contributed by atoms with Gasteiger partial charge in [-0.3, -0.25) is 0 Å². The fraction of sp³-hybridized carbons (Fsp3) is 0.273. The Labute approximate surface area is 99.7 Å². The lowest BCUT2D eigenvalue weighted by molar-refractivity contribution is -0.137. The summed E-state index contributed by atoms with van der Waals surface area (Å²) in [5, 5.41) is 0. The summed E-state index contributed by atoms with van der Waals surface area (Å²) in [5.74, 6) is 0. The molecule has 0 spiro atoms. The van der Waals surface area contributed by atoms with Crippen molar-refractivity contribution < 1.29 is 13.2 Å². The van der Waals surface area contributed by atoms with Gasteiger partial charge in [-0.25, -0.2) is 0 Å². The van der Waals surface area contributed by atoms with Crippen molar-refractivity contribution in [2.24, 2.45) is 0 Å². The third kappa shape index (κ3) is 1.84. The van der Waals surface area contributed by atoms with Crippen molar-refractivity contribution in [2.45, 2.75) is 11.1 Å². The number of benzene rings is 1. The molecule has 1 nitrogen and oxygen atoms in total. The summed E-state index contributed by atoms with van der Waals surface area (Å²) in [6, 6.07) is 4.24. The lowest BCUT2D eigenvalue weighted by Gasteiger charge is -2.28. The number of fused-ring (bicyclic) bond motifs is 1. The van der Waals surface area contributed by atoms with Gasteiger partial charge in [0.2, 0.25) is 0 Å². The van der Waals surface area contributed by atoms with Crippen LogP contribution >= 0.6 is 15.9 Å². The molecule has 1 aromatic rings. The normalized spacial score (nSPS) is 19.8. The van der Waals surface area contributed by atoms with Crippen LogP contribution in [-0.4, -0.2) is 11.9 Å². The van der Waals surface area contributed by atoms with E-state index in [-0.39, 0.29) is 10.5 Å². The highest BCUT2D eigenvalue weighted by molar-refractivity contribution is 9.09. The minimum atomic E-state index is -4.31. The summed E-state index contributed by atoms with van der Waals surface area (Å²) < 4.78 is 38.2. The van der Waals surface area contributed by atoms with Gasteiger partial charge in [0.05, 0.1) is 5.56 Å². The Morgan fingerprint density at radius 2 is 2.00 bits per heavy atom. The van der Waals surface area contributed by atoms with Crippen molar-refractivity contribution in [3.63, 3.8) is 0 Å². The van der Waals surface area contributed by atoms with Gasteiger partial charge in [0, 0.05) is 13.2 Å². The molecule has 0 aromatic heterocycles. The number of rotatable bonds is 0. The Morgan fingerprint density at radius 1 is 1.31 bits per heavy atom. The molecule has 1 aromatic carbocycles. The van der Waals surface area contributed by atoms with Gasteiger partial charge < -0.3 is 4.90 Å². The molecule has 0 fully saturated rings. The first kappa shape index (κ1) is 11.5. The van der Waals surface area contributed by atoms with E-state index in [1.807, 2.05) is 4.90 Å². The van der Waals surface area contributed by atoms with Crippen molar-refractivity contribution in [1.82, 2.24) is 4.90 Å². The van der Waals surface area contributed by atoms with E-state index in [0.717, 1.165) is 6.07 Å². The van der Waals surface area contributed by atoms with Crippen molar-refractivity contribution in [3.05, 3.63) is 41.1 Å². The zero-order valence-electron chi connectivity index (χ0n) is 8.42. The molecular formula is C11H9BrF3N. The van der Waals surface area contributed by atoms with Gasteiger partial charge in [0.15, 0.2) is 0 Å². The van der Waals surface area contributed by atoms with Gasteiger partial charge in [0.1, 0.15) is 4.95 Å². The highest BCUT2D eigenvalue weighted by atomic mass is 79.9. The van der Waals surface area contributed by atoms with Crippen molar-refractivity contribution in [3.8, 4) is 0 Å². The maximum atomic E-state index is 12.7. The predicted octanol–water partition coefficient (Wildman–Crippen LogP) is 4.02. The second-order valence-corrected chi connectivity index (χ2v) is 4.49. The van der Waals surface area contributed by atoms with Gasteiger partial charge in [-0.2, -0.15) is 13.2 Å². The van der Waals surface area contributed by atoms with E-state index in [1.54, 1.807) is 19.3 Å². The van der Waals surface area contributed by atoms with Crippen molar-refractivity contribution in [2.75, 3.05) is 7.05 Å². The maximum absolute atomic E-state index is 12.7. The standard InChI is InChI=1S/C11H9BrF3N/c1-16-6-5-7-8(10(16)12)3-2-4-9(7)11(13,14)15/h2-6,10H,1H3. The highest BCUT2D eigenvalue weighted by Gasteiger charge is 2.35. The Hall–Kier alpha value is -0.970. The van der Waals surface area contributed by atoms with Crippen molar-refractivity contribution in [1.29, 1.82) is 0 Å². The van der Waals surface area contributed by atoms with E-state index in [1.165, 1.54) is 12.1 Å². The molecule has 1 heterocycles. The number of alkyl halides is 4. The minimum Gasteiger partial charge on any atom is -0.364 e. The van der Waals surface area contributed by atoms with E-state index in [9.17, 15) is 13.2 Å². The second kappa shape index (κ2) is 3.80. The molecule has 5 heteroatoms. The van der Waals surface area contributed by atoms with Crippen LogP contribution in [0.5, 0.6) is 0 Å².